The van der Waals surface area contributed by atoms with E-state index in [-0.39, 0.29) is 29.8 Å². The maximum atomic E-state index is 10.9. The van der Waals surface area contributed by atoms with Gasteiger partial charge in [-0.15, -0.1) is 0 Å². The minimum atomic E-state index is -1.29. The zero-order valence-electron chi connectivity index (χ0n) is 15.1. The Morgan fingerprint density at radius 1 is 0.759 bits per heavy atom. The highest BCUT2D eigenvalue weighted by Crippen LogP contribution is 2.27. The molecule has 0 bridgehead atoms. The van der Waals surface area contributed by atoms with Gasteiger partial charge in [0, 0.05) is 24.2 Å². The van der Waals surface area contributed by atoms with Crippen molar-refractivity contribution in [1.29, 1.82) is 5.26 Å². The number of aromatic hydroxyl groups is 1. The molecule has 0 atom stereocenters. The van der Waals surface area contributed by atoms with Crippen LogP contribution in [0.4, 0.5) is 0 Å². The summed E-state index contributed by atoms with van der Waals surface area (Å²) in [5.41, 5.74) is 0.142. The fourth-order valence-electron chi connectivity index (χ4n) is 2.65. The van der Waals surface area contributed by atoms with Crippen LogP contribution in [0.1, 0.15) is 16.7 Å². The van der Waals surface area contributed by atoms with E-state index in [1.54, 1.807) is 0 Å². The zero-order valence-corrected chi connectivity index (χ0v) is 15.1. The van der Waals surface area contributed by atoms with E-state index in [0.29, 0.717) is 0 Å². The molecule has 0 heterocycles. The molecule has 0 saturated heterocycles. The van der Waals surface area contributed by atoms with Gasteiger partial charge in [0.05, 0.1) is 37.8 Å². The lowest BCUT2D eigenvalue weighted by Crippen LogP contribution is -2.34. The van der Waals surface area contributed by atoms with Crippen molar-refractivity contribution in [2.75, 3.05) is 26.2 Å². The first-order valence-corrected chi connectivity index (χ1v) is 8.08. The third-order valence-electron chi connectivity index (χ3n) is 3.62. The van der Waals surface area contributed by atoms with Crippen molar-refractivity contribution in [1.82, 2.24) is 9.80 Å². The van der Waals surface area contributed by atoms with E-state index in [1.807, 2.05) is 6.07 Å². The molecule has 0 radical (unpaired) electrons. The molecular weight excluding hydrogens is 390 g/mol. The standard InChI is InChI=1S/C17H19N3O9/c18-3-10-1-11(4-19(6-13(21)22)7-14(23)24)17(29)12(2-10)5-20(8-15(25)26)9-16(27)28/h1-2,29H,4-9H2,(H,21,22)(H,23,24)(H,25,26)(H,27,28). The van der Waals surface area contributed by atoms with Crippen LogP contribution in [-0.4, -0.2) is 85.4 Å². The normalized spacial score (nSPS) is 10.7. The molecule has 5 N–H and O–H groups in total. The van der Waals surface area contributed by atoms with Crippen molar-refractivity contribution in [3.05, 3.63) is 28.8 Å². The van der Waals surface area contributed by atoms with Crippen LogP contribution in [0.3, 0.4) is 0 Å². The predicted octanol–water partition coefficient (Wildman–Crippen LogP) is -0.794. The van der Waals surface area contributed by atoms with E-state index in [4.69, 9.17) is 20.4 Å². The summed E-state index contributed by atoms with van der Waals surface area (Å²) >= 11 is 0. The quantitative estimate of drug-likeness (QED) is 0.288. The maximum Gasteiger partial charge on any atom is 0.317 e. The van der Waals surface area contributed by atoms with Crippen molar-refractivity contribution in [3.8, 4) is 11.8 Å². The molecule has 12 heteroatoms. The SMILES string of the molecule is N#Cc1cc(CN(CC(=O)O)CC(=O)O)c(O)c(CN(CC(=O)O)CC(=O)O)c1. The molecule has 0 spiro atoms. The molecule has 0 saturated carbocycles. The van der Waals surface area contributed by atoms with E-state index in [1.165, 1.54) is 12.1 Å². The highest BCUT2D eigenvalue weighted by atomic mass is 16.4. The van der Waals surface area contributed by atoms with Crippen LogP contribution >= 0.6 is 0 Å². The van der Waals surface area contributed by atoms with Crippen LogP contribution in [0.15, 0.2) is 12.1 Å². The number of aliphatic carboxylic acids is 4. The van der Waals surface area contributed by atoms with Gasteiger partial charge in [-0.1, -0.05) is 0 Å². The van der Waals surface area contributed by atoms with E-state index >= 15 is 0 Å². The molecule has 156 valence electrons. The summed E-state index contributed by atoms with van der Waals surface area (Å²) in [5.74, 6) is -5.59. The van der Waals surface area contributed by atoms with Crippen molar-refractivity contribution in [2.45, 2.75) is 13.1 Å². The molecule has 0 aliphatic heterocycles. The monoisotopic (exact) mass is 409 g/mol. The van der Waals surface area contributed by atoms with Gasteiger partial charge in [-0.2, -0.15) is 5.26 Å². The largest absolute Gasteiger partial charge is 0.507 e. The number of carboxylic acid groups (broad SMARTS) is 4. The van der Waals surface area contributed by atoms with Gasteiger partial charge in [0.25, 0.3) is 0 Å². The van der Waals surface area contributed by atoms with Crippen molar-refractivity contribution in [2.24, 2.45) is 0 Å². The molecule has 0 aliphatic rings. The van der Waals surface area contributed by atoms with Crippen molar-refractivity contribution in [3.63, 3.8) is 0 Å². The van der Waals surface area contributed by atoms with E-state index in [9.17, 15) is 29.5 Å². The first-order valence-electron chi connectivity index (χ1n) is 8.08. The number of hydrogen-bond acceptors (Lipinski definition) is 8. The molecule has 0 amide bonds. The number of rotatable bonds is 12. The smallest absolute Gasteiger partial charge is 0.317 e. The summed E-state index contributed by atoms with van der Waals surface area (Å²) in [6, 6.07) is 4.32. The third kappa shape index (κ3) is 8.24. The zero-order chi connectivity index (χ0) is 22.1. The Labute approximate surface area is 164 Å². The lowest BCUT2D eigenvalue weighted by molar-refractivity contribution is -0.144. The topological polar surface area (TPSA) is 200 Å². The fraction of sp³-hybridized carbons (Fsp3) is 0.353. The van der Waals surface area contributed by atoms with Crippen LogP contribution in [0.2, 0.25) is 0 Å². The molecule has 0 aliphatic carbocycles. The number of nitrogens with zero attached hydrogens (tertiary/aromatic N) is 3. The Hall–Kier alpha value is -3.69. The number of carbonyl (C=O) groups is 4. The van der Waals surface area contributed by atoms with Crippen LogP contribution < -0.4 is 0 Å². The Kier molecular flexibility index (Phi) is 8.53. The second-order valence-corrected chi connectivity index (χ2v) is 6.12. The highest BCUT2D eigenvalue weighted by molar-refractivity contribution is 5.73. The minimum absolute atomic E-state index is 0.0454. The molecular formula is C17H19N3O9. The summed E-state index contributed by atoms with van der Waals surface area (Å²) < 4.78 is 0. The second-order valence-electron chi connectivity index (χ2n) is 6.12. The van der Waals surface area contributed by atoms with Gasteiger partial charge in [0.1, 0.15) is 5.75 Å². The van der Waals surface area contributed by atoms with Gasteiger partial charge >= 0.3 is 23.9 Å². The maximum absolute atomic E-state index is 10.9. The third-order valence-corrected chi connectivity index (χ3v) is 3.62. The summed E-state index contributed by atoms with van der Waals surface area (Å²) in [7, 11) is 0. The van der Waals surface area contributed by atoms with Gasteiger partial charge < -0.3 is 25.5 Å². The average molecular weight is 409 g/mol. The van der Waals surface area contributed by atoms with Crippen LogP contribution in [0.5, 0.6) is 5.75 Å². The van der Waals surface area contributed by atoms with E-state index in [2.05, 4.69) is 0 Å². The minimum Gasteiger partial charge on any atom is -0.507 e. The Morgan fingerprint density at radius 2 is 1.07 bits per heavy atom. The van der Waals surface area contributed by atoms with Gasteiger partial charge in [-0.25, -0.2) is 0 Å². The van der Waals surface area contributed by atoms with Crippen molar-refractivity contribution >= 4 is 23.9 Å². The first-order chi connectivity index (χ1) is 13.5. The van der Waals surface area contributed by atoms with Crippen molar-refractivity contribution < 1.29 is 44.7 Å². The van der Waals surface area contributed by atoms with E-state index in [0.717, 1.165) is 9.80 Å². The summed E-state index contributed by atoms with van der Waals surface area (Å²) in [6.07, 6.45) is 0. The number of nitriles is 1. The van der Waals surface area contributed by atoms with Gasteiger partial charge in [0.15, 0.2) is 0 Å². The molecule has 0 aromatic heterocycles. The van der Waals surface area contributed by atoms with Gasteiger partial charge in [0.2, 0.25) is 0 Å². The van der Waals surface area contributed by atoms with Crippen LogP contribution in [0, 0.1) is 11.3 Å². The summed E-state index contributed by atoms with van der Waals surface area (Å²) in [6.45, 7) is -3.18. The Balaban J connectivity index is 3.25. The number of benzene rings is 1. The average Bonchev–Trinajstić information content (AvgIpc) is 2.55. The Morgan fingerprint density at radius 3 is 1.31 bits per heavy atom. The molecule has 1 aromatic carbocycles. The first kappa shape index (κ1) is 23.3. The molecule has 1 aromatic rings. The summed E-state index contributed by atoms with van der Waals surface area (Å²) in [5, 5.41) is 55.4. The second kappa shape index (κ2) is 10.6. The predicted molar refractivity (Wildman–Crippen MR) is 93.9 cm³/mol. The molecule has 12 nitrogen and oxygen atoms in total. The number of carboxylic acids is 4. The number of hydrogen-bond donors (Lipinski definition) is 5. The molecule has 0 fully saturated rings. The lowest BCUT2D eigenvalue weighted by Gasteiger charge is -2.22. The van der Waals surface area contributed by atoms with Crippen LogP contribution in [0.25, 0.3) is 0 Å². The highest BCUT2D eigenvalue weighted by Gasteiger charge is 2.21. The number of phenols is 1. The molecule has 0 unspecified atom stereocenters. The number of phenolic OH excluding ortho intramolecular Hbond substituents is 1. The van der Waals surface area contributed by atoms with Crippen LogP contribution in [-0.2, 0) is 32.3 Å². The molecule has 1 rings (SSSR count). The van der Waals surface area contributed by atoms with E-state index < -0.39 is 55.8 Å². The fourth-order valence-corrected chi connectivity index (χ4v) is 2.65. The Bertz CT molecular complexity index is 756. The molecule has 29 heavy (non-hydrogen) atoms. The van der Waals surface area contributed by atoms with Gasteiger partial charge in [-0.05, 0) is 12.1 Å². The summed E-state index contributed by atoms with van der Waals surface area (Å²) in [4.78, 5) is 45.8. The lowest BCUT2D eigenvalue weighted by atomic mass is 10.0. The van der Waals surface area contributed by atoms with Gasteiger partial charge in [-0.3, -0.25) is 29.0 Å².